The molecule has 1 aromatic heterocycles. The van der Waals surface area contributed by atoms with Gasteiger partial charge in [0, 0.05) is 80.7 Å². The number of halogens is 1. The van der Waals surface area contributed by atoms with Gasteiger partial charge in [0.15, 0.2) is 5.82 Å². The van der Waals surface area contributed by atoms with Crippen molar-refractivity contribution in [2.75, 3.05) is 55.7 Å². The number of benzene rings is 3. The van der Waals surface area contributed by atoms with Gasteiger partial charge in [-0.25, -0.2) is 4.98 Å². The van der Waals surface area contributed by atoms with Gasteiger partial charge in [-0.15, -0.1) is 11.8 Å². The first-order valence-corrected chi connectivity index (χ1v) is 21.9. The predicted molar refractivity (Wildman–Crippen MR) is 226 cm³/mol. The van der Waals surface area contributed by atoms with Crippen LogP contribution in [0.2, 0.25) is 5.02 Å². The Morgan fingerprint density at radius 2 is 1.76 bits per heavy atom. The summed E-state index contributed by atoms with van der Waals surface area (Å²) >= 11 is 7.98. The summed E-state index contributed by atoms with van der Waals surface area (Å²) in [7, 11) is 0.640. The molecule has 1 atom stereocenters. The molecule has 0 radical (unpaired) electrons. The van der Waals surface area contributed by atoms with Crippen molar-refractivity contribution in [1.82, 2.24) is 25.5 Å². The summed E-state index contributed by atoms with van der Waals surface area (Å²) in [4.78, 5) is 63.9. The molecule has 2 fully saturated rings. The van der Waals surface area contributed by atoms with E-state index < -0.39 is 19.5 Å². The minimum absolute atomic E-state index is 0.0289. The van der Waals surface area contributed by atoms with Gasteiger partial charge in [-0.05, 0) is 61.2 Å². The summed E-state index contributed by atoms with van der Waals surface area (Å²) < 4.78 is 29.3. The van der Waals surface area contributed by atoms with Gasteiger partial charge in [-0.3, -0.25) is 29.1 Å². The summed E-state index contributed by atoms with van der Waals surface area (Å²) in [5.74, 6) is 0.627. The van der Waals surface area contributed by atoms with Gasteiger partial charge in [-0.2, -0.15) is 4.98 Å². The molecule has 7 rings (SSSR count). The van der Waals surface area contributed by atoms with Gasteiger partial charge < -0.3 is 39.5 Å². The van der Waals surface area contributed by atoms with Crippen LogP contribution in [0.25, 0.3) is 0 Å². The Bertz CT molecular complexity index is 2300. The standard InChI is InChI=1S/C40H44ClN8O8PS/c1-55-32-21-25(11-12-29(32)45-40-42-22-28(41)37(47-40)44-30-8-4-5-9-33(30)58(54,56-2)57-3)48-18-15-24(16-19-48)43-36(51)17-20-59-34-10-6-7-26-27(34)23-49(39(26)53)31-13-14-35(50)46-38(31)52/h4-12,21-22,24,31H,13-20,23H2,1-3H3,(H,43,51)(H,46,50,52)(H2,42,44,45,47). The van der Waals surface area contributed by atoms with E-state index in [1.54, 1.807) is 37.4 Å². The number of fused-ring (bicyclic) bond motifs is 1. The molecule has 1 unspecified atom stereocenters. The van der Waals surface area contributed by atoms with E-state index in [1.807, 2.05) is 30.3 Å². The number of rotatable bonds is 15. The number of aromatic nitrogens is 2. The second kappa shape index (κ2) is 18.4. The number of imide groups is 1. The second-order valence-electron chi connectivity index (χ2n) is 14.0. The molecule has 0 aliphatic carbocycles. The SMILES string of the molecule is COc1cc(N2CCC(NC(=O)CCSc3cccc4c3CN(C3CCC(=O)NC3=O)C4=O)CC2)ccc1Nc1ncc(Cl)c(Nc2ccccc2P(=O)(OC)OC)n1. The molecule has 19 heteroatoms. The Morgan fingerprint density at radius 1 is 0.983 bits per heavy atom. The molecule has 3 aliphatic rings. The normalized spacial score (nSPS) is 17.1. The number of methoxy groups -OCH3 is 1. The molecule has 0 saturated carbocycles. The van der Waals surface area contributed by atoms with Crippen LogP contribution in [0.15, 0.2) is 71.8 Å². The van der Waals surface area contributed by atoms with E-state index in [-0.39, 0.29) is 47.0 Å². The van der Waals surface area contributed by atoms with E-state index >= 15 is 0 Å². The number of nitrogens with zero attached hydrogens (tertiary/aromatic N) is 4. The Kier molecular flexibility index (Phi) is 13.1. The molecular weight excluding hydrogens is 819 g/mol. The van der Waals surface area contributed by atoms with Crippen molar-refractivity contribution >= 4 is 88.7 Å². The highest BCUT2D eigenvalue weighted by Crippen LogP contribution is 2.47. The molecule has 59 heavy (non-hydrogen) atoms. The number of nitrogens with one attached hydrogen (secondary N) is 4. The number of amides is 4. The summed E-state index contributed by atoms with van der Waals surface area (Å²) in [6.45, 7) is 1.77. The highest BCUT2D eigenvalue weighted by atomic mass is 35.5. The highest BCUT2D eigenvalue weighted by Gasteiger charge is 2.40. The van der Waals surface area contributed by atoms with E-state index in [0.717, 1.165) is 42.1 Å². The van der Waals surface area contributed by atoms with E-state index in [1.165, 1.54) is 37.1 Å². The van der Waals surface area contributed by atoms with E-state index in [0.29, 0.717) is 53.1 Å². The average Bonchev–Trinajstić information content (AvgIpc) is 3.58. The van der Waals surface area contributed by atoms with Crippen LogP contribution in [0.1, 0.15) is 48.0 Å². The number of ether oxygens (including phenoxy) is 1. The van der Waals surface area contributed by atoms with Gasteiger partial charge >= 0.3 is 7.60 Å². The largest absolute Gasteiger partial charge is 0.494 e. The molecular formula is C40H44ClN8O8PS. The van der Waals surface area contributed by atoms with Gasteiger partial charge in [0.1, 0.15) is 16.8 Å². The quantitative estimate of drug-likeness (QED) is 0.0640. The average molecular weight is 863 g/mol. The van der Waals surface area contributed by atoms with Crippen LogP contribution < -0.4 is 36.2 Å². The lowest BCUT2D eigenvalue weighted by Gasteiger charge is -2.34. The number of thioether (sulfide) groups is 1. The molecule has 4 aromatic rings. The maximum Gasteiger partial charge on any atom is 0.362 e. The van der Waals surface area contributed by atoms with Crippen molar-refractivity contribution in [3.63, 3.8) is 0 Å². The summed E-state index contributed by atoms with van der Waals surface area (Å²) in [5.41, 5.74) is 3.45. The Balaban J connectivity index is 0.901. The molecule has 16 nitrogen and oxygen atoms in total. The first-order chi connectivity index (χ1) is 28.5. The molecule has 3 aromatic carbocycles. The van der Waals surface area contributed by atoms with Gasteiger partial charge in [0.25, 0.3) is 5.91 Å². The zero-order valence-corrected chi connectivity index (χ0v) is 35.1. The Hall–Kier alpha value is -5.19. The number of piperidine rings is 2. The van der Waals surface area contributed by atoms with Gasteiger partial charge in [-0.1, -0.05) is 29.8 Å². The number of carbonyl (C=O) groups is 4. The maximum absolute atomic E-state index is 13.2. The van der Waals surface area contributed by atoms with Crippen LogP contribution in [0.4, 0.5) is 28.8 Å². The molecule has 2 saturated heterocycles. The topological polar surface area (TPSA) is 193 Å². The highest BCUT2D eigenvalue weighted by molar-refractivity contribution is 7.99. The summed E-state index contributed by atoms with van der Waals surface area (Å²) in [6.07, 6.45) is 3.82. The van der Waals surface area contributed by atoms with Crippen molar-refractivity contribution in [1.29, 1.82) is 0 Å². The van der Waals surface area contributed by atoms with Crippen LogP contribution in [0, 0.1) is 0 Å². The molecule has 4 N–H and O–H groups in total. The van der Waals surface area contributed by atoms with Crippen LogP contribution in [-0.4, -0.2) is 90.8 Å². The van der Waals surface area contributed by atoms with E-state index in [4.69, 9.17) is 25.4 Å². The smallest absolute Gasteiger partial charge is 0.362 e. The zero-order chi connectivity index (χ0) is 41.7. The molecule has 310 valence electrons. The third kappa shape index (κ3) is 9.34. The minimum atomic E-state index is -3.58. The molecule has 0 bridgehead atoms. The van der Waals surface area contributed by atoms with Crippen LogP contribution in [0.5, 0.6) is 5.75 Å². The molecule has 4 amide bonds. The van der Waals surface area contributed by atoms with E-state index in [9.17, 15) is 23.7 Å². The Morgan fingerprint density at radius 3 is 2.51 bits per heavy atom. The van der Waals surface area contributed by atoms with Crippen LogP contribution in [-0.2, 0) is 34.5 Å². The van der Waals surface area contributed by atoms with Gasteiger partial charge in [0.2, 0.25) is 23.7 Å². The van der Waals surface area contributed by atoms with Crippen molar-refractivity contribution in [3.05, 3.63) is 83.0 Å². The fourth-order valence-corrected chi connectivity index (χ4v) is 9.77. The maximum atomic E-state index is 13.2. The third-order valence-electron chi connectivity index (χ3n) is 10.5. The molecule has 0 spiro atoms. The number of hydrogen-bond acceptors (Lipinski definition) is 14. The number of carbonyl (C=O) groups excluding carboxylic acids is 4. The lowest BCUT2D eigenvalue weighted by atomic mass is 10.0. The lowest BCUT2D eigenvalue weighted by Crippen LogP contribution is -2.52. The van der Waals surface area contributed by atoms with Crippen molar-refractivity contribution < 1.29 is 37.5 Å². The zero-order valence-electron chi connectivity index (χ0n) is 32.7. The van der Waals surface area contributed by atoms with Crippen LogP contribution in [0.3, 0.4) is 0 Å². The van der Waals surface area contributed by atoms with Crippen molar-refractivity contribution in [2.24, 2.45) is 0 Å². The van der Waals surface area contributed by atoms with Crippen LogP contribution >= 0.6 is 31.0 Å². The summed E-state index contributed by atoms with van der Waals surface area (Å²) in [5, 5.41) is 12.4. The number of para-hydroxylation sites is 1. The number of hydrogen-bond donors (Lipinski definition) is 4. The lowest BCUT2D eigenvalue weighted by molar-refractivity contribution is -0.137. The third-order valence-corrected chi connectivity index (χ3v) is 13.8. The fraction of sp³-hybridized carbons (Fsp3) is 0.350. The van der Waals surface area contributed by atoms with E-state index in [2.05, 4.69) is 36.1 Å². The first kappa shape index (κ1) is 42.0. The minimum Gasteiger partial charge on any atom is -0.494 e. The van der Waals surface area contributed by atoms with Gasteiger partial charge in [0.05, 0.1) is 30.0 Å². The number of anilines is 5. The second-order valence-corrected chi connectivity index (χ2v) is 17.8. The predicted octanol–water partition coefficient (Wildman–Crippen LogP) is 5.77. The molecule has 4 heterocycles. The van der Waals surface area contributed by atoms with Crippen molar-refractivity contribution in [2.45, 2.75) is 55.6 Å². The molecule has 3 aliphatic heterocycles. The first-order valence-electron chi connectivity index (χ1n) is 19.0. The fourth-order valence-electron chi connectivity index (χ4n) is 7.36. The van der Waals surface area contributed by atoms with Crippen molar-refractivity contribution in [3.8, 4) is 5.75 Å². The summed E-state index contributed by atoms with van der Waals surface area (Å²) in [6, 6.07) is 17.5. The Labute approximate surface area is 350 Å². The monoisotopic (exact) mass is 862 g/mol.